The molecule has 0 spiro atoms. The maximum atomic E-state index is 12.9. The van der Waals surface area contributed by atoms with E-state index >= 15 is 0 Å². The normalized spacial score (nSPS) is 12.6. The molecule has 0 bridgehead atoms. The van der Waals surface area contributed by atoms with Crippen LogP contribution >= 0.6 is 0 Å². The Hall–Kier alpha value is -2.32. The van der Waals surface area contributed by atoms with E-state index in [-0.39, 0.29) is 10.9 Å². The highest BCUT2D eigenvalue weighted by atomic mass is 19.4. The molecule has 0 saturated heterocycles. The van der Waals surface area contributed by atoms with E-state index in [1.807, 2.05) is 0 Å². The van der Waals surface area contributed by atoms with Gasteiger partial charge in [0.05, 0.1) is 17.5 Å². The van der Waals surface area contributed by atoms with Crippen molar-refractivity contribution in [2.24, 2.45) is 0 Å². The molecule has 0 radical (unpaired) electrons. The van der Waals surface area contributed by atoms with Crippen LogP contribution in [0, 0.1) is 0 Å². The minimum atomic E-state index is -4.99. The van der Waals surface area contributed by atoms with E-state index < -0.39 is 41.5 Å². The van der Waals surface area contributed by atoms with Gasteiger partial charge in [-0.25, -0.2) is 4.98 Å². The molecular weight excluding hydrogens is 316 g/mol. The Labute approximate surface area is 119 Å². The molecule has 22 heavy (non-hydrogen) atoms. The van der Waals surface area contributed by atoms with Crippen molar-refractivity contribution in [2.45, 2.75) is 18.8 Å². The van der Waals surface area contributed by atoms with Crippen molar-refractivity contribution in [1.29, 1.82) is 0 Å². The zero-order valence-corrected chi connectivity index (χ0v) is 10.6. The summed E-state index contributed by atoms with van der Waals surface area (Å²) in [6, 6.07) is 3.15. The van der Waals surface area contributed by atoms with Gasteiger partial charge in [0.2, 0.25) is 0 Å². The van der Waals surface area contributed by atoms with Gasteiger partial charge in [-0.1, -0.05) is 12.1 Å². The maximum Gasteiger partial charge on any atom is 0.433 e. The molecule has 0 amide bonds. The number of aliphatic carboxylic acids is 1. The molecule has 118 valence electrons. The molecule has 1 N–H and O–H groups in total. The van der Waals surface area contributed by atoms with Crippen LogP contribution in [0.15, 0.2) is 24.3 Å². The van der Waals surface area contributed by atoms with Crippen LogP contribution in [0.5, 0.6) is 0 Å². The number of benzene rings is 1. The van der Waals surface area contributed by atoms with Crippen molar-refractivity contribution in [3.05, 3.63) is 41.1 Å². The monoisotopic (exact) mass is 323 g/mol. The van der Waals surface area contributed by atoms with E-state index in [0.29, 0.717) is 12.1 Å². The Kier molecular flexibility index (Phi) is 3.76. The molecule has 0 aliphatic carbocycles. The molecule has 3 nitrogen and oxygen atoms in total. The number of para-hydroxylation sites is 1. The van der Waals surface area contributed by atoms with Crippen LogP contribution in [0.1, 0.15) is 16.8 Å². The molecule has 2 aromatic rings. The molecule has 1 heterocycles. The molecule has 9 heteroatoms. The number of hydrogen-bond donors (Lipinski definition) is 1. The number of carbonyl (C=O) groups is 1. The number of nitrogens with zero attached hydrogens (tertiary/aromatic N) is 1. The molecule has 0 aliphatic rings. The molecular formula is C13H7F6NO2. The quantitative estimate of drug-likeness (QED) is 0.853. The van der Waals surface area contributed by atoms with Crippen LogP contribution < -0.4 is 0 Å². The van der Waals surface area contributed by atoms with Gasteiger partial charge in [0.1, 0.15) is 5.69 Å². The predicted octanol–water partition coefficient (Wildman–Crippen LogP) is 3.90. The van der Waals surface area contributed by atoms with E-state index in [9.17, 15) is 31.1 Å². The van der Waals surface area contributed by atoms with Crippen LogP contribution in [-0.4, -0.2) is 16.1 Å². The maximum absolute atomic E-state index is 12.9. The van der Waals surface area contributed by atoms with Crippen LogP contribution in [0.2, 0.25) is 0 Å². The molecule has 1 aromatic heterocycles. The summed E-state index contributed by atoms with van der Waals surface area (Å²) in [7, 11) is 0. The zero-order chi connectivity index (χ0) is 16.7. The van der Waals surface area contributed by atoms with E-state index in [1.165, 1.54) is 0 Å². The molecule has 0 saturated carbocycles. The second-order valence-electron chi connectivity index (χ2n) is 4.43. The summed E-state index contributed by atoms with van der Waals surface area (Å²) in [6.45, 7) is 0. The van der Waals surface area contributed by atoms with Gasteiger partial charge in [-0.2, -0.15) is 26.3 Å². The van der Waals surface area contributed by atoms with Crippen molar-refractivity contribution >= 4 is 16.9 Å². The van der Waals surface area contributed by atoms with E-state index in [1.54, 1.807) is 0 Å². The van der Waals surface area contributed by atoms with Gasteiger partial charge in [0.25, 0.3) is 0 Å². The van der Waals surface area contributed by atoms with E-state index in [0.717, 1.165) is 12.1 Å². The van der Waals surface area contributed by atoms with Crippen molar-refractivity contribution in [3.63, 3.8) is 0 Å². The third-order valence-electron chi connectivity index (χ3n) is 2.86. The van der Waals surface area contributed by atoms with Crippen molar-refractivity contribution in [1.82, 2.24) is 4.98 Å². The number of pyridine rings is 1. The first kappa shape index (κ1) is 16.1. The lowest BCUT2D eigenvalue weighted by Crippen LogP contribution is -2.13. The summed E-state index contributed by atoms with van der Waals surface area (Å²) >= 11 is 0. The molecule has 0 fully saturated rings. The smallest absolute Gasteiger partial charge is 0.433 e. The number of hydrogen-bond acceptors (Lipinski definition) is 2. The Balaban J connectivity index is 2.85. The lowest BCUT2D eigenvalue weighted by molar-refractivity contribution is -0.142. The minimum absolute atomic E-state index is 0.273. The molecule has 0 atom stereocenters. The standard InChI is InChI=1S/C13H7F6NO2/c14-12(15,16)8-3-1-2-7-6(5-10(21)22)4-9(13(17,18)19)20-11(7)8/h1-4H,5H2,(H,21,22). The first-order valence-corrected chi connectivity index (χ1v) is 5.79. The first-order valence-electron chi connectivity index (χ1n) is 5.79. The Bertz CT molecular complexity index is 736. The van der Waals surface area contributed by atoms with Crippen molar-refractivity contribution in [3.8, 4) is 0 Å². The average Bonchev–Trinajstić information content (AvgIpc) is 2.34. The number of fused-ring (bicyclic) bond motifs is 1. The third kappa shape index (κ3) is 3.12. The Morgan fingerprint density at radius 1 is 1.09 bits per heavy atom. The van der Waals surface area contributed by atoms with Crippen molar-refractivity contribution < 1.29 is 36.2 Å². The fraction of sp³-hybridized carbons (Fsp3) is 0.231. The van der Waals surface area contributed by atoms with Gasteiger partial charge in [-0.15, -0.1) is 0 Å². The lowest BCUT2D eigenvalue weighted by atomic mass is 10.0. The predicted molar refractivity (Wildman–Crippen MR) is 63.1 cm³/mol. The van der Waals surface area contributed by atoms with Crippen LogP contribution in [-0.2, 0) is 23.6 Å². The van der Waals surface area contributed by atoms with Gasteiger partial charge >= 0.3 is 18.3 Å². The summed E-state index contributed by atoms with van der Waals surface area (Å²) < 4.78 is 77.0. The number of rotatable bonds is 2. The van der Waals surface area contributed by atoms with Gasteiger partial charge in [0, 0.05) is 5.39 Å². The summed E-state index contributed by atoms with van der Waals surface area (Å²) in [5, 5.41) is 8.45. The second kappa shape index (κ2) is 5.15. The largest absolute Gasteiger partial charge is 0.481 e. The van der Waals surface area contributed by atoms with E-state index in [2.05, 4.69) is 4.98 Å². The van der Waals surface area contributed by atoms with Gasteiger partial charge in [0.15, 0.2) is 0 Å². The molecule has 1 aromatic carbocycles. The number of alkyl halides is 6. The van der Waals surface area contributed by atoms with Crippen LogP contribution in [0.3, 0.4) is 0 Å². The summed E-state index contributed by atoms with van der Waals surface area (Å²) in [6.07, 6.45) is -10.7. The number of carboxylic acid groups (broad SMARTS) is 1. The second-order valence-corrected chi connectivity index (χ2v) is 4.43. The Morgan fingerprint density at radius 2 is 1.73 bits per heavy atom. The van der Waals surface area contributed by atoms with Gasteiger partial charge in [-0.05, 0) is 17.7 Å². The number of aromatic nitrogens is 1. The molecule has 0 aliphatic heterocycles. The highest BCUT2D eigenvalue weighted by molar-refractivity contribution is 5.88. The third-order valence-corrected chi connectivity index (χ3v) is 2.86. The van der Waals surface area contributed by atoms with Gasteiger partial charge in [-0.3, -0.25) is 4.79 Å². The summed E-state index contributed by atoms with van der Waals surface area (Å²) in [5.74, 6) is -1.46. The molecule has 0 unspecified atom stereocenters. The SMILES string of the molecule is O=C(O)Cc1cc(C(F)(F)F)nc2c(C(F)(F)F)cccc12. The summed E-state index contributed by atoms with van der Waals surface area (Å²) in [4.78, 5) is 13.8. The lowest BCUT2D eigenvalue weighted by Gasteiger charge is -2.14. The first-order chi connectivity index (χ1) is 10.00. The van der Waals surface area contributed by atoms with E-state index in [4.69, 9.17) is 5.11 Å². The fourth-order valence-corrected chi connectivity index (χ4v) is 2.00. The zero-order valence-electron chi connectivity index (χ0n) is 10.6. The highest BCUT2D eigenvalue weighted by Gasteiger charge is 2.37. The molecule has 2 rings (SSSR count). The fourth-order valence-electron chi connectivity index (χ4n) is 2.00. The van der Waals surface area contributed by atoms with Crippen LogP contribution in [0.25, 0.3) is 10.9 Å². The van der Waals surface area contributed by atoms with Crippen LogP contribution in [0.4, 0.5) is 26.3 Å². The Morgan fingerprint density at radius 3 is 2.23 bits per heavy atom. The highest BCUT2D eigenvalue weighted by Crippen LogP contribution is 2.37. The average molecular weight is 323 g/mol. The minimum Gasteiger partial charge on any atom is -0.481 e. The topological polar surface area (TPSA) is 50.2 Å². The summed E-state index contributed by atoms with van der Waals surface area (Å²) in [5.41, 5.74) is -4.20. The number of halogens is 6. The van der Waals surface area contributed by atoms with Crippen molar-refractivity contribution in [2.75, 3.05) is 0 Å². The van der Waals surface area contributed by atoms with Gasteiger partial charge < -0.3 is 5.11 Å². The number of carboxylic acids is 1.